The first-order valence-corrected chi connectivity index (χ1v) is 10.9. The molecule has 0 fully saturated rings. The van der Waals surface area contributed by atoms with E-state index in [9.17, 15) is 36.2 Å². The van der Waals surface area contributed by atoms with Gasteiger partial charge < -0.3 is 19.4 Å². The van der Waals surface area contributed by atoms with Crippen molar-refractivity contribution in [2.24, 2.45) is 0 Å². The molecule has 1 atom stereocenters. The molecule has 2 N–H and O–H groups in total. The van der Waals surface area contributed by atoms with E-state index in [1.807, 2.05) is 0 Å². The Bertz CT molecular complexity index is 1490. The van der Waals surface area contributed by atoms with Gasteiger partial charge in [0.25, 0.3) is 5.91 Å². The molecule has 0 saturated heterocycles. The van der Waals surface area contributed by atoms with Gasteiger partial charge in [-0.25, -0.2) is 14.5 Å². The number of H-pyrrole nitrogens is 1. The largest absolute Gasteiger partial charge is 0.437 e. The van der Waals surface area contributed by atoms with Crippen LogP contribution in [-0.2, 0) is 24.4 Å². The number of pyridine rings is 1. The van der Waals surface area contributed by atoms with Crippen molar-refractivity contribution in [3.63, 3.8) is 0 Å². The van der Waals surface area contributed by atoms with E-state index in [1.54, 1.807) is 0 Å². The predicted octanol–water partition coefficient (Wildman–Crippen LogP) is 4.10. The molecule has 5 heterocycles. The molecule has 0 aromatic carbocycles. The van der Waals surface area contributed by atoms with Gasteiger partial charge in [-0.15, -0.1) is 0 Å². The minimum Gasteiger partial charge on any atom is -0.432 e. The predicted molar refractivity (Wildman–Crippen MR) is 112 cm³/mol. The highest BCUT2D eigenvalue weighted by Crippen LogP contribution is 2.39. The van der Waals surface area contributed by atoms with Crippen molar-refractivity contribution in [2.75, 3.05) is 6.54 Å². The molecule has 9 nitrogen and oxygen atoms in total. The number of rotatable bonds is 3. The van der Waals surface area contributed by atoms with Crippen LogP contribution < -0.4 is 0 Å². The third-order valence-corrected chi connectivity index (χ3v) is 5.87. The number of aromatic amines is 1. The zero-order valence-corrected chi connectivity index (χ0v) is 19.1. The molecule has 0 spiro atoms. The lowest BCUT2D eigenvalue weighted by Gasteiger charge is -2.33. The number of nitrogens with zero attached hydrogens (tertiary/aromatic N) is 5. The average molecular weight is 528 g/mol. The number of alkyl halides is 6. The SMILES string of the molecule is CC(C)(O)c1nc(C(F)(F)F)c(C(=O)N2CCc3[nH]cnc3[C@@H]2c2cc3cccc(C(F)(F)F)n3n2)o1. The normalized spacial score (nSPS) is 16.9. The van der Waals surface area contributed by atoms with Crippen molar-refractivity contribution in [3.05, 3.63) is 70.7 Å². The molecule has 196 valence electrons. The molecule has 0 aliphatic carbocycles. The Morgan fingerprint density at radius 2 is 1.89 bits per heavy atom. The fourth-order valence-electron chi connectivity index (χ4n) is 4.23. The zero-order valence-electron chi connectivity index (χ0n) is 19.1. The van der Waals surface area contributed by atoms with E-state index < -0.39 is 52.9 Å². The maximum absolute atomic E-state index is 13.8. The van der Waals surface area contributed by atoms with Gasteiger partial charge in [-0.05, 0) is 32.0 Å². The second-order valence-electron chi connectivity index (χ2n) is 8.99. The minimum absolute atomic E-state index is 0.0473. The molecule has 4 aromatic rings. The quantitative estimate of drug-likeness (QED) is 0.388. The number of hydrogen-bond donors (Lipinski definition) is 2. The maximum Gasteiger partial charge on any atom is 0.437 e. The van der Waals surface area contributed by atoms with Crippen LogP contribution in [-0.4, -0.2) is 47.0 Å². The van der Waals surface area contributed by atoms with E-state index in [0.717, 1.165) is 24.8 Å². The third-order valence-electron chi connectivity index (χ3n) is 5.87. The first-order chi connectivity index (χ1) is 17.2. The van der Waals surface area contributed by atoms with Gasteiger partial charge in [0.2, 0.25) is 11.7 Å². The zero-order chi connectivity index (χ0) is 26.9. The molecule has 37 heavy (non-hydrogen) atoms. The summed E-state index contributed by atoms with van der Waals surface area (Å²) < 4.78 is 87.7. The second kappa shape index (κ2) is 8.06. The van der Waals surface area contributed by atoms with Gasteiger partial charge in [-0.1, -0.05) is 6.07 Å². The van der Waals surface area contributed by atoms with Crippen LogP contribution in [0.5, 0.6) is 0 Å². The highest BCUT2D eigenvalue weighted by atomic mass is 19.4. The Morgan fingerprint density at radius 1 is 1.16 bits per heavy atom. The topological polar surface area (TPSA) is 113 Å². The molecule has 1 aliphatic heterocycles. The second-order valence-corrected chi connectivity index (χ2v) is 8.99. The van der Waals surface area contributed by atoms with Gasteiger partial charge in [0.1, 0.15) is 17.3 Å². The number of fused-ring (bicyclic) bond motifs is 2. The van der Waals surface area contributed by atoms with Crippen LogP contribution in [0.2, 0.25) is 0 Å². The number of aliphatic hydroxyl groups is 1. The summed E-state index contributed by atoms with van der Waals surface area (Å²) >= 11 is 0. The molecule has 1 aliphatic rings. The minimum atomic E-state index is -5.09. The van der Waals surface area contributed by atoms with Crippen LogP contribution in [0.15, 0.2) is 35.0 Å². The molecular formula is C22H18F6N6O3. The fourth-order valence-corrected chi connectivity index (χ4v) is 4.23. The number of amides is 1. The van der Waals surface area contributed by atoms with Crippen molar-refractivity contribution < 1.29 is 40.7 Å². The van der Waals surface area contributed by atoms with E-state index in [1.165, 1.54) is 24.5 Å². The number of oxazole rings is 1. The van der Waals surface area contributed by atoms with Gasteiger partial charge in [-0.3, -0.25) is 4.79 Å². The van der Waals surface area contributed by atoms with E-state index in [4.69, 9.17) is 4.42 Å². The lowest BCUT2D eigenvalue weighted by atomic mass is 9.99. The fraction of sp³-hybridized carbons (Fsp3) is 0.364. The Morgan fingerprint density at radius 3 is 2.54 bits per heavy atom. The molecule has 15 heteroatoms. The first kappa shape index (κ1) is 24.8. The Kier molecular flexibility index (Phi) is 5.40. The van der Waals surface area contributed by atoms with Crippen LogP contribution in [0.25, 0.3) is 5.52 Å². The summed E-state index contributed by atoms with van der Waals surface area (Å²) in [5.74, 6) is -3.12. The van der Waals surface area contributed by atoms with Gasteiger partial charge in [0.05, 0.1) is 23.2 Å². The third kappa shape index (κ3) is 4.22. The van der Waals surface area contributed by atoms with E-state index >= 15 is 0 Å². The van der Waals surface area contributed by atoms with Crippen molar-refractivity contribution in [3.8, 4) is 0 Å². The molecule has 0 bridgehead atoms. The molecular weight excluding hydrogens is 510 g/mol. The van der Waals surface area contributed by atoms with Gasteiger partial charge in [0.15, 0.2) is 5.69 Å². The molecule has 0 saturated carbocycles. The van der Waals surface area contributed by atoms with Crippen LogP contribution in [0.1, 0.15) is 64.8 Å². The number of carbonyl (C=O) groups excluding carboxylic acids is 1. The van der Waals surface area contributed by atoms with Crippen molar-refractivity contribution in [2.45, 2.75) is 44.3 Å². The standard InChI is InChI=1S/C22H18F6N6O3/c1-20(2,36)19-31-17(22(26,27)28)16(37-19)18(35)33-7-6-11-14(30-9-29-11)15(33)12-8-10-4-3-5-13(21(23,24)25)34(10)32-12/h3-5,8-9,15,36H,6-7H2,1-2H3,(H,29,30)/t15-/m0/s1. The van der Waals surface area contributed by atoms with Crippen molar-refractivity contribution in [1.29, 1.82) is 0 Å². The maximum atomic E-state index is 13.8. The van der Waals surface area contributed by atoms with Gasteiger partial charge >= 0.3 is 12.4 Å². The summed E-state index contributed by atoms with van der Waals surface area (Å²) in [6.07, 6.45) is -8.35. The number of nitrogens with one attached hydrogen (secondary N) is 1. The lowest BCUT2D eigenvalue weighted by Crippen LogP contribution is -2.41. The number of hydrogen-bond acceptors (Lipinski definition) is 6. The Labute approximate surface area is 203 Å². The summed E-state index contributed by atoms with van der Waals surface area (Å²) in [5.41, 5.74) is -3.86. The summed E-state index contributed by atoms with van der Waals surface area (Å²) in [6, 6.07) is 3.46. The first-order valence-electron chi connectivity index (χ1n) is 10.9. The van der Waals surface area contributed by atoms with Crippen LogP contribution in [0.3, 0.4) is 0 Å². The van der Waals surface area contributed by atoms with Crippen molar-refractivity contribution >= 4 is 11.4 Å². The summed E-state index contributed by atoms with van der Waals surface area (Å²) in [7, 11) is 0. The monoisotopic (exact) mass is 528 g/mol. The molecule has 4 aromatic heterocycles. The summed E-state index contributed by atoms with van der Waals surface area (Å²) in [4.78, 5) is 24.9. The highest BCUT2D eigenvalue weighted by molar-refractivity contribution is 5.93. The molecule has 1 amide bonds. The summed E-state index contributed by atoms with van der Waals surface area (Å²) in [6.45, 7) is 2.15. The van der Waals surface area contributed by atoms with Gasteiger partial charge in [0, 0.05) is 18.7 Å². The lowest BCUT2D eigenvalue weighted by molar-refractivity contribution is -0.143. The van der Waals surface area contributed by atoms with Crippen molar-refractivity contribution in [1.82, 2.24) is 29.5 Å². The number of imidazole rings is 1. The molecule has 0 radical (unpaired) electrons. The smallest absolute Gasteiger partial charge is 0.432 e. The number of halogens is 6. The van der Waals surface area contributed by atoms with Crippen LogP contribution >= 0.6 is 0 Å². The van der Waals surface area contributed by atoms with Gasteiger partial charge in [-0.2, -0.15) is 31.4 Å². The van der Waals surface area contributed by atoms with Crippen LogP contribution in [0.4, 0.5) is 26.3 Å². The van der Waals surface area contributed by atoms with E-state index in [2.05, 4.69) is 20.1 Å². The Balaban J connectivity index is 1.66. The highest BCUT2D eigenvalue weighted by Gasteiger charge is 2.46. The average Bonchev–Trinajstić information content (AvgIpc) is 3.53. The molecule has 5 rings (SSSR count). The number of aromatic nitrogens is 5. The molecule has 0 unspecified atom stereocenters. The van der Waals surface area contributed by atoms with E-state index in [-0.39, 0.29) is 29.9 Å². The van der Waals surface area contributed by atoms with Crippen LogP contribution in [0, 0.1) is 0 Å². The summed E-state index contributed by atoms with van der Waals surface area (Å²) in [5, 5.41) is 14.2. The van der Waals surface area contributed by atoms with E-state index in [0.29, 0.717) is 10.2 Å². The Hall–Kier alpha value is -3.88. The number of carbonyl (C=O) groups is 1.